The first kappa shape index (κ1) is 31.9. The number of alkyl halides is 3. The second-order valence-corrected chi connectivity index (χ2v) is 9.77. The van der Waals surface area contributed by atoms with E-state index in [0.29, 0.717) is 0 Å². The molecule has 0 aromatic heterocycles. The number of halogens is 3. The first-order valence-corrected chi connectivity index (χ1v) is 13.6. The minimum atomic E-state index is -4.62. The van der Waals surface area contributed by atoms with Crippen LogP contribution in [0.4, 0.5) is 13.2 Å². The van der Waals surface area contributed by atoms with Crippen LogP contribution in [0.3, 0.4) is 0 Å². The van der Waals surface area contributed by atoms with E-state index in [1.54, 1.807) is 24.3 Å². The van der Waals surface area contributed by atoms with Crippen LogP contribution >= 0.6 is 0 Å². The number of nitrogens with one attached hydrogen (secondary N) is 2. The average Bonchev–Trinajstić information content (AvgIpc) is 3.02. The van der Waals surface area contributed by atoms with Gasteiger partial charge in [-0.2, -0.15) is 13.2 Å². The number of carboxylic acids is 1. The van der Waals surface area contributed by atoms with Crippen molar-refractivity contribution in [2.45, 2.75) is 18.8 Å². The number of hydrogen-bond acceptors (Lipinski definition) is 5. The van der Waals surface area contributed by atoms with Gasteiger partial charge < -0.3 is 15.2 Å². The van der Waals surface area contributed by atoms with Gasteiger partial charge in [-0.25, -0.2) is 0 Å². The molecule has 4 aromatic rings. The maximum Gasteiger partial charge on any atom is 0.416 e. The van der Waals surface area contributed by atoms with Crippen molar-refractivity contribution in [2.24, 2.45) is 0 Å². The summed E-state index contributed by atoms with van der Waals surface area (Å²) in [7, 11) is 0. The molecule has 3 N–H and O–H groups in total. The summed E-state index contributed by atoms with van der Waals surface area (Å²) in [6.07, 6.45) is -3.50. The summed E-state index contributed by atoms with van der Waals surface area (Å²) < 4.78 is 45.4. The highest BCUT2D eigenvalue weighted by Gasteiger charge is 2.30. The first-order chi connectivity index (χ1) is 21.1. The summed E-state index contributed by atoms with van der Waals surface area (Å²) in [6, 6.07) is 28.2. The summed E-state index contributed by atoms with van der Waals surface area (Å²) in [4.78, 5) is 38.2. The molecule has 0 bridgehead atoms. The Morgan fingerprint density at radius 3 is 2.09 bits per heavy atom. The van der Waals surface area contributed by atoms with Gasteiger partial charge in [0.15, 0.2) is 5.78 Å². The average molecular weight is 603 g/mol. The molecular weight excluding hydrogens is 573 g/mol. The zero-order valence-electron chi connectivity index (χ0n) is 23.4. The lowest BCUT2D eigenvalue weighted by molar-refractivity contribution is -0.141. The van der Waals surface area contributed by atoms with E-state index >= 15 is 0 Å². The number of aliphatic carboxylic acids is 1. The Balaban J connectivity index is 1.50. The van der Waals surface area contributed by atoms with E-state index < -0.39 is 42.0 Å². The standard InChI is InChI=1S/C34H29F3N2O5/c35-34(36,37)28-13-7-10-24(18-28)19-29(39-32(41)27-16-14-26(15-17-27)25-11-5-2-6-12-25)31(40)20-38-30(33(42)43)22-44-21-23-8-3-1-4-9-23/h1-19,30,38H,20-22H2,(H,39,41)(H,42,43). The van der Waals surface area contributed by atoms with Crippen molar-refractivity contribution in [2.75, 3.05) is 13.2 Å². The Morgan fingerprint density at radius 2 is 1.45 bits per heavy atom. The van der Waals surface area contributed by atoms with Crippen molar-refractivity contribution >= 4 is 23.7 Å². The van der Waals surface area contributed by atoms with E-state index in [2.05, 4.69) is 10.6 Å². The van der Waals surface area contributed by atoms with E-state index in [1.807, 2.05) is 60.7 Å². The third-order valence-corrected chi connectivity index (χ3v) is 6.53. The number of rotatable bonds is 13. The lowest BCUT2D eigenvalue weighted by Crippen LogP contribution is -2.44. The van der Waals surface area contributed by atoms with Crippen LogP contribution in [0.2, 0.25) is 0 Å². The predicted octanol–water partition coefficient (Wildman–Crippen LogP) is 5.97. The number of ketones is 1. The van der Waals surface area contributed by atoms with E-state index in [-0.39, 0.29) is 30.0 Å². The van der Waals surface area contributed by atoms with Crippen LogP contribution < -0.4 is 10.6 Å². The quantitative estimate of drug-likeness (QED) is 0.163. The molecule has 0 saturated heterocycles. The van der Waals surface area contributed by atoms with Crippen LogP contribution in [0.25, 0.3) is 17.2 Å². The van der Waals surface area contributed by atoms with Crippen LogP contribution in [0.1, 0.15) is 27.0 Å². The summed E-state index contributed by atoms with van der Waals surface area (Å²) >= 11 is 0. The Kier molecular flexibility index (Phi) is 10.8. The van der Waals surface area contributed by atoms with E-state index in [1.165, 1.54) is 12.1 Å². The summed E-state index contributed by atoms with van der Waals surface area (Å²) in [5.41, 5.74) is 1.60. The molecule has 4 aromatic carbocycles. The number of carbonyl (C=O) groups excluding carboxylic acids is 2. The third kappa shape index (κ3) is 9.22. The number of amides is 1. The molecule has 0 heterocycles. The molecule has 1 unspecified atom stereocenters. The van der Waals surface area contributed by atoms with Crippen LogP contribution in [-0.4, -0.2) is 42.0 Å². The molecule has 1 amide bonds. The zero-order valence-corrected chi connectivity index (χ0v) is 23.4. The van der Waals surface area contributed by atoms with Gasteiger partial charge in [0.25, 0.3) is 5.91 Å². The normalized spacial score (nSPS) is 12.4. The Morgan fingerprint density at radius 1 is 0.818 bits per heavy atom. The number of carboxylic acid groups (broad SMARTS) is 1. The zero-order chi connectivity index (χ0) is 31.5. The molecule has 44 heavy (non-hydrogen) atoms. The number of Topliss-reactive ketones (excluding diaryl/α,β-unsaturated/α-hetero) is 1. The van der Waals surface area contributed by atoms with Gasteiger partial charge in [0, 0.05) is 5.56 Å². The predicted molar refractivity (Wildman–Crippen MR) is 159 cm³/mol. The Bertz CT molecular complexity index is 1610. The molecule has 10 heteroatoms. The maximum absolute atomic E-state index is 13.3. The number of ether oxygens (including phenoxy) is 1. The molecule has 0 aliphatic rings. The van der Waals surface area contributed by atoms with Crippen molar-refractivity contribution in [3.8, 4) is 11.1 Å². The lowest BCUT2D eigenvalue weighted by Gasteiger charge is -2.16. The second-order valence-electron chi connectivity index (χ2n) is 9.77. The summed E-state index contributed by atoms with van der Waals surface area (Å²) in [5, 5.41) is 14.7. The minimum absolute atomic E-state index is 0.0175. The topological polar surface area (TPSA) is 105 Å². The number of hydrogen-bond donors (Lipinski definition) is 3. The van der Waals surface area contributed by atoms with Gasteiger partial charge in [-0.05, 0) is 52.6 Å². The van der Waals surface area contributed by atoms with E-state index in [4.69, 9.17) is 4.74 Å². The molecule has 1 atom stereocenters. The van der Waals surface area contributed by atoms with Gasteiger partial charge in [0.1, 0.15) is 6.04 Å². The van der Waals surface area contributed by atoms with Gasteiger partial charge in [0.2, 0.25) is 0 Å². The van der Waals surface area contributed by atoms with Crippen molar-refractivity contribution < 1.29 is 37.4 Å². The van der Waals surface area contributed by atoms with Crippen LogP contribution in [-0.2, 0) is 27.1 Å². The largest absolute Gasteiger partial charge is 0.480 e. The van der Waals surface area contributed by atoms with Crippen LogP contribution in [0.5, 0.6) is 0 Å². The first-order valence-electron chi connectivity index (χ1n) is 13.6. The van der Waals surface area contributed by atoms with Gasteiger partial charge in [-0.3, -0.25) is 19.7 Å². The van der Waals surface area contributed by atoms with E-state index in [0.717, 1.165) is 34.9 Å². The fraction of sp³-hybridized carbons (Fsp3) is 0.147. The lowest BCUT2D eigenvalue weighted by atomic mass is 10.0. The van der Waals surface area contributed by atoms with Crippen LogP contribution in [0.15, 0.2) is 115 Å². The van der Waals surface area contributed by atoms with Crippen molar-refractivity contribution in [1.29, 1.82) is 0 Å². The molecule has 7 nitrogen and oxygen atoms in total. The van der Waals surface area contributed by atoms with Crippen molar-refractivity contribution in [3.05, 3.63) is 137 Å². The maximum atomic E-state index is 13.3. The molecule has 0 aliphatic carbocycles. The Labute approximate surface area is 252 Å². The molecule has 0 fully saturated rings. The van der Waals surface area contributed by atoms with Gasteiger partial charge in [-0.15, -0.1) is 0 Å². The second kappa shape index (κ2) is 14.9. The molecular formula is C34H29F3N2O5. The Hall–Kier alpha value is -5.06. The SMILES string of the molecule is O=C(CNC(COCc1ccccc1)C(=O)O)C(=Cc1cccc(C(F)(F)F)c1)NC(=O)c1ccc(-c2ccccc2)cc1. The molecule has 226 valence electrons. The molecule has 4 rings (SSSR count). The monoisotopic (exact) mass is 602 g/mol. The highest BCUT2D eigenvalue weighted by Crippen LogP contribution is 2.30. The molecule has 0 radical (unpaired) electrons. The summed E-state index contributed by atoms with van der Waals surface area (Å²) in [6.45, 7) is -0.645. The summed E-state index contributed by atoms with van der Waals surface area (Å²) in [5.74, 6) is -2.68. The number of benzene rings is 4. The van der Waals surface area contributed by atoms with Crippen LogP contribution in [0, 0.1) is 0 Å². The smallest absolute Gasteiger partial charge is 0.416 e. The minimum Gasteiger partial charge on any atom is -0.480 e. The fourth-order valence-electron chi connectivity index (χ4n) is 4.19. The van der Waals surface area contributed by atoms with Gasteiger partial charge in [-0.1, -0.05) is 84.9 Å². The van der Waals surface area contributed by atoms with Crippen molar-refractivity contribution in [3.63, 3.8) is 0 Å². The molecule has 0 spiro atoms. The van der Waals surface area contributed by atoms with Gasteiger partial charge in [0.05, 0.1) is 31.0 Å². The highest BCUT2D eigenvalue weighted by atomic mass is 19.4. The van der Waals surface area contributed by atoms with Gasteiger partial charge >= 0.3 is 12.1 Å². The van der Waals surface area contributed by atoms with E-state index in [9.17, 15) is 32.7 Å². The molecule has 0 aliphatic heterocycles. The third-order valence-electron chi connectivity index (χ3n) is 6.53. The highest BCUT2D eigenvalue weighted by molar-refractivity contribution is 6.07. The van der Waals surface area contributed by atoms with Crippen molar-refractivity contribution in [1.82, 2.24) is 10.6 Å². The molecule has 0 saturated carbocycles. The number of carbonyl (C=O) groups is 3. The fourth-order valence-corrected chi connectivity index (χ4v) is 4.19.